The molecule has 5 nitrogen and oxygen atoms in total. The Morgan fingerprint density at radius 1 is 1.22 bits per heavy atom. The van der Waals surface area contributed by atoms with Crippen LogP contribution in [0.4, 0.5) is 0 Å². The summed E-state index contributed by atoms with van der Waals surface area (Å²) in [4.78, 5) is 26.3. The highest BCUT2D eigenvalue weighted by molar-refractivity contribution is 5.79. The summed E-state index contributed by atoms with van der Waals surface area (Å²) in [6, 6.07) is 7.90. The lowest BCUT2D eigenvalue weighted by atomic mass is 9.74. The highest BCUT2D eigenvalue weighted by Gasteiger charge is 2.50. The summed E-state index contributed by atoms with van der Waals surface area (Å²) >= 11 is 0. The van der Waals surface area contributed by atoms with Crippen molar-refractivity contribution in [3.8, 4) is 0 Å². The van der Waals surface area contributed by atoms with Crippen LogP contribution in [0, 0.1) is 5.92 Å². The molecule has 1 heterocycles. The molecule has 0 radical (unpaired) electrons. The number of nitrogens with one attached hydrogen (secondary N) is 1. The molecule has 2 amide bonds. The number of nitrogens with zero attached hydrogens (tertiary/aromatic N) is 1. The monoisotopic (exact) mass is 370 g/mol. The predicted molar refractivity (Wildman–Crippen MR) is 106 cm³/mol. The number of carbonyl (C=O) groups is 2. The van der Waals surface area contributed by atoms with E-state index in [1.165, 1.54) is 0 Å². The first-order valence-corrected chi connectivity index (χ1v) is 10.00. The fourth-order valence-electron chi connectivity index (χ4n) is 4.07. The molecule has 2 fully saturated rings. The van der Waals surface area contributed by atoms with Gasteiger partial charge in [0.1, 0.15) is 0 Å². The maximum atomic E-state index is 12.4. The van der Waals surface area contributed by atoms with Crippen LogP contribution in [0.2, 0.25) is 0 Å². The topological polar surface area (TPSA) is 69.6 Å². The second kappa shape index (κ2) is 8.70. The molecule has 3 atom stereocenters. The fourth-order valence-corrected chi connectivity index (χ4v) is 4.07. The molecular formula is C22H30N2O3. The van der Waals surface area contributed by atoms with E-state index in [1.807, 2.05) is 26.0 Å². The summed E-state index contributed by atoms with van der Waals surface area (Å²) < 4.78 is 0. The van der Waals surface area contributed by atoms with Crippen molar-refractivity contribution < 1.29 is 14.7 Å². The van der Waals surface area contributed by atoms with E-state index in [0.717, 1.165) is 24.0 Å². The fraction of sp³-hybridized carbons (Fsp3) is 0.545. The molecule has 3 rings (SSSR count). The SMILES string of the molecule is C/C=C/c1ccc([C@H]2[C@@H](CO)N(C(=O)CC)[C@H]2CNC(=O)CC2CC2)cc1. The van der Waals surface area contributed by atoms with Gasteiger partial charge in [-0.1, -0.05) is 43.3 Å². The third-order valence-corrected chi connectivity index (χ3v) is 5.68. The molecule has 1 aromatic rings. The van der Waals surface area contributed by atoms with Gasteiger partial charge in [-0.25, -0.2) is 0 Å². The van der Waals surface area contributed by atoms with E-state index in [2.05, 4.69) is 29.6 Å². The van der Waals surface area contributed by atoms with Crippen molar-refractivity contribution in [2.75, 3.05) is 13.2 Å². The van der Waals surface area contributed by atoms with E-state index in [4.69, 9.17) is 0 Å². The first-order chi connectivity index (χ1) is 13.1. The molecule has 0 unspecified atom stereocenters. The van der Waals surface area contributed by atoms with Gasteiger partial charge in [0.05, 0.1) is 18.7 Å². The van der Waals surface area contributed by atoms with Gasteiger partial charge in [0, 0.05) is 25.3 Å². The minimum atomic E-state index is -0.227. The van der Waals surface area contributed by atoms with Crippen molar-refractivity contribution >= 4 is 17.9 Å². The maximum Gasteiger partial charge on any atom is 0.222 e. The van der Waals surface area contributed by atoms with Crippen molar-refractivity contribution in [3.63, 3.8) is 0 Å². The maximum absolute atomic E-state index is 12.4. The van der Waals surface area contributed by atoms with Gasteiger partial charge in [-0.15, -0.1) is 0 Å². The lowest BCUT2D eigenvalue weighted by Crippen LogP contribution is -2.68. The summed E-state index contributed by atoms with van der Waals surface area (Å²) in [7, 11) is 0. The molecule has 1 aliphatic heterocycles. The molecule has 1 aliphatic carbocycles. The zero-order chi connectivity index (χ0) is 19.4. The number of aliphatic hydroxyl groups excluding tert-OH is 1. The van der Waals surface area contributed by atoms with E-state index in [1.54, 1.807) is 4.90 Å². The number of hydrogen-bond acceptors (Lipinski definition) is 3. The molecule has 0 aromatic heterocycles. The van der Waals surface area contributed by atoms with Gasteiger partial charge in [0.15, 0.2) is 0 Å². The smallest absolute Gasteiger partial charge is 0.222 e. The molecule has 1 saturated carbocycles. The van der Waals surface area contributed by atoms with Crippen molar-refractivity contribution in [1.29, 1.82) is 0 Å². The highest BCUT2D eigenvalue weighted by Crippen LogP contribution is 2.41. The third-order valence-electron chi connectivity index (χ3n) is 5.68. The van der Waals surface area contributed by atoms with Crippen LogP contribution in [0.1, 0.15) is 56.6 Å². The van der Waals surface area contributed by atoms with Gasteiger partial charge >= 0.3 is 0 Å². The van der Waals surface area contributed by atoms with Crippen LogP contribution in [-0.2, 0) is 9.59 Å². The Kier molecular flexibility index (Phi) is 6.32. The van der Waals surface area contributed by atoms with Gasteiger partial charge in [0.2, 0.25) is 11.8 Å². The lowest BCUT2D eigenvalue weighted by molar-refractivity contribution is -0.150. The summed E-state index contributed by atoms with van der Waals surface area (Å²) in [5.74, 6) is 0.666. The Hall–Kier alpha value is -2.14. The standard InChI is InChI=1S/C22H30N2O3/c1-3-5-15-8-10-17(11-9-15)22-18(13-23-20(26)12-16-6-7-16)24(19(22)14-25)21(27)4-2/h3,5,8-11,16,18-19,22,25H,4,6-7,12-14H2,1-2H3,(H,23,26)/b5-3+/t18-,19+,22+/m0/s1. The molecular weight excluding hydrogens is 340 g/mol. The number of amides is 2. The van der Waals surface area contributed by atoms with Gasteiger partial charge in [-0.2, -0.15) is 0 Å². The number of carbonyl (C=O) groups excluding carboxylic acids is 2. The van der Waals surface area contributed by atoms with E-state index in [9.17, 15) is 14.7 Å². The Morgan fingerprint density at radius 2 is 1.93 bits per heavy atom. The zero-order valence-corrected chi connectivity index (χ0v) is 16.2. The summed E-state index contributed by atoms with van der Waals surface area (Å²) in [6.07, 6.45) is 7.30. The van der Waals surface area contributed by atoms with Crippen LogP contribution in [-0.4, -0.2) is 47.1 Å². The van der Waals surface area contributed by atoms with Crippen molar-refractivity contribution in [3.05, 3.63) is 41.5 Å². The van der Waals surface area contributed by atoms with E-state index >= 15 is 0 Å². The summed E-state index contributed by atoms with van der Waals surface area (Å²) in [5, 5.41) is 12.9. The Bertz CT molecular complexity index is 694. The molecule has 2 aliphatic rings. The third kappa shape index (κ3) is 4.41. The Balaban J connectivity index is 1.74. The quantitative estimate of drug-likeness (QED) is 0.739. The van der Waals surface area contributed by atoms with Crippen molar-refractivity contribution in [2.45, 2.75) is 57.5 Å². The Labute approximate surface area is 161 Å². The van der Waals surface area contributed by atoms with E-state index < -0.39 is 0 Å². The van der Waals surface area contributed by atoms with Crippen LogP contribution in [0.5, 0.6) is 0 Å². The molecule has 146 valence electrons. The van der Waals surface area contributed by atoms with Crippen LogP contribution in [0.3, 0.4) is 0 Å². The summed E-state index contributed by atoms with van der Waals surface area (Å²) in [6.45, 7) is 4.18. The van der Waals surface area contributed by atoms with Crippen LogP contribution in [0.25, 0.3) is 6.08 Å². The minimum Gasteiger partial charge on any atom is -0.394 e. The summed E-state index contributed by atoms with van der Waals surface area (Å²) in [5.41, 5.74) is 2.22. The van der Waals surface area contributed by atoms with Gasteiger partial charge in [0.25, 0.3) is 0 Å². The van der Waals surface area contributed by atoms with Crippen LogP contribution >= 0.6 is 0 Å². The lowest BCUT2D eigenvalue weighted by Gasteiger charge is -2.55. The molecule has 1 aromatic carbocycles. The molecule has 5 heteroatoms. The molecule has 27 heavy (non-hydrogen) atoms. The number of rotatable bonds is 8. The van der Waals surface area contributed by atoms with Crippen LogP contribution in [0.15, 0.2) is 30.3 Å². The zero-order valence-electron chi connectivity index (χ0n) is 16.2. The van der Waals surface area contributed by atoms with Gasteiger partial charge in [-0.3, -0.25) is 9.59 Å². The number of benzene rings is 1. The average Bonchev–Trinajstić information content (AvgIpc) is 3.46. The van der Waals surface area contributed by atoms with E-state index in [-0.39, 0.29) is 36.4 Å². The predicted octanol–water partition coefficient (Wildman–Crippen LogP) is 2.70. The second-order valence-corrected chi connectivity index (χ2v) is 7.62. The Morgan fingerprint density at radius 3 is 2.48 bits per heavy atom. The second-order valence-electron chi connectivity index (χ2n) is 7.62. The molecule has 1 saturated heterocycles. The first-order valence-electron chi connectivity index (χ1n) is 10.00. The first kappa shape index (κ1) is 19.6. The van der Waals surface area contributed by atoms with Crippen molar-refractivity contribution in [2.24, 2.45) is 5.92 Å². The number of likely N-dealkylation sites (tertiary alicyclic amines) is 1. The normalized spacial score (nSPS) is 24.7. The number of hydrogen-bond donors (Lipinski definition) is 2. The van der Waals surface area contributed by atoms with E-state index in [0.29, 0.717) is 25.3 Å². The highest BCUT2D eigenvalue weighted by atomic mass is 16.3. The largest absolute Gasteiger partial charge is 0.394 e. The number of allylic oxidation sites excluding steroid dienone is 1. The average molecular weight is 370 g/mol. The molecule has 2 N–H and O–H groups in total. The molecule has 0 bridgehead atoms. The van der Waals surface area contributed by atoms with Crippen molar-refractivity contribution in [1.82, 2.24) is 10.2 Å². The van der Waals surface area contributed by atoms with Gasteiger partial charge < -0.3 is 15.3 Å². The number of aliphatic hydroxyl groups is 1. The molecule has 0 spiro atoms. The van der Waals surface area contributed by atoms with Gasteiger partial charge in [-0.05, 0) is 36.8 Å². The minimum absolute atomic E-state index is 0.0253. The van der Waals surface area contributed by atoms with Crippen LogP contribution < -0.4 is 5.32 Å².